The number of aromatic nitrogens is 2. The third-order valence-corrected chi connectivity index (χ3v) is 4.05. The Bertz CT molecular complexity index is 611. The van der Waals surface area contributed by atoms with Gasteiger partial charge in [0.05, 0.1) is 0 Å². The molecule has 0 amide bonds. The Hall–Kier alpha value is -1.48. The summed E-state index contributed by atoms with van der Waals surface area (Å²) in [5, 5.41) is 0.552. The molecule has 1 aliphatic rings. The van der Waals surface area contributed by atoms with Crippen LogP contribution in [0.15, 0.2) is 24.3 Å². The van der Waals surface area contributed by atoms with E-state index >= 15 is 0 Å². The monoisotopic (exact) mass is 290 g/mol. The summed E-state index contributed by atoms with van der Waals surface area (Å²) in [7, 11) is 0. The van der Waals surface area contributed by atoms with Crippen molar-refractivity contribution in [2.75, 3.05) is 0 Å². The van der Waals surface area contributed by atoms with Crippen LogP contribution in [-0.4, -0.2) is 9.97 Å². The van der Waals surface area contributed by atoms with Gasteiger partial charge in [-0.1, -0.05) is 24.4 Å². The second kappa shape index (κ2) is 5.88. The molecular weight excluding hydrogens is 275 g/mol. The Kier molecular flexibility index (Phi) is 3.97. The molecule has 0 spiro atoms. The number of aryl methyl sites for hydroxylation is 1. The molecule has 0 unspecified atom stereocenters. The van der Waals surface area contributed by atoms with Crippen LogP contribution >= 0.6 is 11.6 Å². The average Bonchev–Trinajstić information content (AvgIpc) is 2.41. The summed E-state index contributed by atoms with van der Waals surface area (Å²) in [5.41, 5.74) is 2.96. The molecular formula is C16H16ClFN2. The van der Waals surface area contributed by atoms with Gasteiger partial charge in [-0.15, -0.1) is 0 Å². The van der Waals surface area contributed by atoms with E-state index in [9.17, 15) is 4.39 Å². The molecule has 0 fully saturated rings. The number of fused-ring (bicyclic) bond motifs is 1. The maximum absolute atomic E-state index is 13.0. The van der Waals surface area contributed by atoms with E-state index in [0.29, 0.717) is 11.0 Å². The Morgan fingerprint density at radius 3 is 2.35 bits per heavy atom. The fourth-order valence-electron chi connectivity index (χ4n) is 2.63. The Balaban J connectivity index is 2.03. The van der Waals surface area contributed by atoms with Crippen molar-refractivity contribution in [3.63, 3.8) is 0 Å². The van der Waals surface area contributed by atoms with Crippen LogP contribution in [-0.2, 0) is 12.8 Å². The van der Waals surface area contributed by atoms with Crippen molar-refractivity contribution < 1.29 is 4.39 Å². The first-order valence-corrected chi connectivity index (χ1v) is 7.43. The van der Waals surface area contributed by atoms with Gasteiger partial charge in [-0.05, 0) is 49.9 Å². The zero-order valence-corrected chi connectivity index (χ0v) is 12.0. The highest BCUT2D eigenvalue weighted by Gasteiger charge is 2.15. The minimum Gasteiger partial charge on any atom is -0.233 e. The SMILES string of the molecule is Fc1ccc(-c2nc(Cl)c3c(n2)CCCCCC3)cc1. The van der Waals surface area contributed by atoms with Gasteiger partial charge in [0.1, 0.15) is 11.0 Å². The second-order valence-electron chi connectivity index (χ2n) is 5.18. The third kappa shape index (κ3) is 2.83. The molecule has 104 valence electrons. The zero-order valence-electron chi connectivity index (χ0n) is 11.2. The lowest BCUT2D eigenvalue weighted by Crippen LogP contribution is -2.06. The van der Waals surface area contributed by atoms with Gasteiger partial charge in [0.2, 0.25) is 0 Å². The molecule has 2 aromatic rings. The second-order valence-corrected chi connectivity index (χ2v) is 5.54. The van der Waals surface area contributed by atoms with Gasteiger partial charge in [-0.25, -0.2) is 14.4 Å². The third-order valence-electron chi connectivity index (χ3n) is 3.74. The van der Waals surface area contributed by atoms with E-state index in [-0.39, 0.29) is 5.82 Å². The fraction of sp³-hybridized carbons (Fsp3) is 0.375. The molecule has 0 saturated carbocycles. The summed E-state index contributed by atoms with van der Waals surface area (Å²) >= 11 is 6.33. The van der Waals surface area contributed by atoms with E-state index < -0.39 is 0 Å². The number of halogens is 2. The van der Waals surface area contributed by atoms with E-state index in [2.05, 4.69) is 9.97 Å². The van der Waals surface area contributed by atoms with Crippen LogP contribution in [0.4, 0.5) is 4.39 Å². The van der Waals surface area contributed by atoms with E-state index in [1.807, 2.05) is 0 Å². The number of rotatable bonds is 1. The standard InChI is InChI=1S/C16H16ClFN2/c17-15-13-5-3-1-2-4-6-14(13)19-16(20-15)11-7-9-12(18)10-8-11/h7-10H,1-6H2. The molecule has 3 rings (SSSR count). The Morgan fingerprint density at radius 1 is 0.900 bits per heavy atom. The first kappa shape index (κ1) is 13.5. The van der Waals surface area contributed by atoms with Crippen molar-refractivity contribution in [3.05, 3.63) is 46.5 Å². The van der Waals surface area contributed by atoms with Crippen molar-refractivity contribution in [1.82, 2.24) is 9.97 Å². The number of hydrogen-bond donors (Lipinski definition) is 0. The zero-order chi connectivity index (χ0) is 13.9. The minimum atomic E-state index is -0.258. The molecule has 0 saturated heterocycles. The van der Waals surface area contributed by atoms with Gasteiger partial charge in [0, 0.05) is 16.8 Å². The quantitative estimate of drug-likeness (QED) is 0.718. The van der Waals surface area contributed by atoms with E-state index in [0.717, 1.165) is 42.5 Å². The summed E-state index contributed by atoms with van der Waals surface area (Å²) in [6, 6.07) is 6.22. The summed E-state index contributed by atoms with van der Waals surface area (Å²) in [4.78, 5) is 9.05. The normalized spacial score (nSPS) is 15.3. The molecule has 1 heterocycles. The number of benzene rings is 1. The molecule has 4 heteroatoms. The smallest absolute Gasteiger partial charge is 0.161 e. The minimum absolute atomic E-state index is 0.258. The molecule has 1 aliphatic carbocycles. The highest BCUT2D eigenvalue weighted by Crippen LogP contribution is 2.27. The van der Waals surface area contributed by atoms with Gasteiger partial charge < -0.3 is 0 Å². The molecule has 2 nitrogen and oxygen atoms in total. The van der Waals surface area contributed by atoms with E-state index in [1.54, 1.807) is 12.1 Å². The van der Waals surface area contributed by atoms with E-state index in [4.69, 9.17) is 11.6 Å². The summed E-state index contributed by atoms with van der Waals surface area (Å²) in [6.45, 7) is 0. The van der Waals surface area contributed by atoms with Crippen LogP contribution in [0.2, 0.25) is 5.15 Å². The van der Waals surface area contributed by atoms with Crippen molar-refractivity contribution in [3.8, 4) is 11.4 Å². The van der Waals surface area contributed by atoms with Gasteiger partial charge >= 0.3 is 0 Å². The first-order valence-electron chi connectivity index (χ1n) is 7.05. The Morgan fingerprint density at radius 2 is 1.60 bits per heavy atom. The number of nitrogens with zero attached hydrogens (tertiary/aromatic N) is 2. The van der Waals surface area contributed by atoms with Crippen LogP contribution in [0.3, 0.4) is 0 Å². The maximum atomic E-state index is 13.0. The molecule has 20 heavy (non-hydrogen) atoms. The van der Waals surface area contributed by atoms with Crippen LogP contribution < -0.4 is 0 Å². The molecule has 1 aromatic carbocycles. The van der Waals surface area contributed by atoms with Gasteiger partial charge in [-0.2, -0.15) is 0 Å². The van der Waals surface area contributed by atoms with Crippen molar-refractivity contribution in [2.24, 2.45) is 0 Å². The molecule has 0 radical (unpaired) electrons. The average molecular weight is 291 g/mol. The van der Waals surface area contributed by atoms with Crippen molar-refractivity contribution in [2.45, 2.75) is 38.5 Å². The molecule has 0 bridgehead atoms. The summed E-state index contributed by atoms with van der Waals surface area (Å²) in [5.74, 6) is 0.334. The largest absolute Gasteiger partial charge is 0.233 e. The Labute approximate surface area is 123 Å². The maximum Gasteiger partial charge on any atom is 0.161 e. The highest BCUT2D eigenvalue weighted by atomic mass is 35.5. The van der Waals surface area contributed by atoms with Crippen LogP contribution in [0.1, 0.15) is 36.9 Å². The topological polar surface area (TPSA) is 25.8 Å². The summed E-state index contributed by atoms with van der Waals surface area (Å²) in [6.07, 6.45) is 6.68. The lowest BCUT2D eigenvalue weighted by Gasteiger charge is -2.15. The highest BCUT2D eigenvalue weighted by molar-refractivity contribution is 6.30. The van der Waals surface area contributed by atoms with Crippen molar-refractivity contribution >= 4 is 11.6 Å². The molecule has 1 aromatic heterocycles. The molecule has 0 atom stereocenters. The van der Waals surface area contributed by atoms with Gasteiger partial charge in [0.15, 0.2) is 5.82 Å². The summed E-state index contributed by atoms with van der Waals surface area (Å²) < 4.78 is 13.0. The van der Waals surface area contributed by atoms with Gasteiger partial charge in [-0.3, -0.25) is 0 Å². The first-order chi connectivity index (χ1) is 9.74. The number of hydrogen-bond acceptors (Lipinski definition) is 2. The van der Waals surface area contributed by atoms with Crippen LogP contribution in [0.25, 0.3) is 11.4 Å². The van der Waals surface area contributed by atoms with Crippen molar-refractivity contribution in [1.29, 1.82) is 0 Å². The predicted octanol–water partition coefficient (Wildman–Crippen LogP) is 4.60. The fourth-order valence-corrected chi connectivity index (χ4v) is 2.91. The predicted molar refractivity (Wildman–Crippen MR) is 78.3 cm³/mol. The van der Waals surface area contributed by atoms with Gasteiger partial charge in [0.25, 0.3) is 0 Å². The lowest BCUT2D eigenvalue weighted by molar-refractivity contribution is 0.607. The van der Waals surface area contributed by atoms with Crippen LogP contribution in [0, 0.1) is 5.82 Å². The molecule has 0 aliphatic heterocycles. The van der Waals surface area contributed by atoms with Crippen LogP contribution in [0.5, 0.6) is 0 Å². The molecule has 0 N–H and O–H groups in total. The van der Waals surface area contributed by atoms with E-state index in [1.165, 1.54) is 25.0 Å². The lowest BCUT2D eigenvalue weighted by atomic mass is 9.98.